The molecular formula is C21H18F3N3O5. The summed E-state index contributed by atoms with van der Waals surface area (Å²) < 4.78 is 57.7. The first-order valence-electron chi connectivity index (χ1n) is 9.84. The second kappa shape index (κ2) is 7.99. The lowest BCUT2D eigenvalue weighted by molar-refractivity contribution is -0.274. The number of hydrogen-bond donors (Lipinski definition) is 1. The van der Waals surface area contributed by atoms with Crippen LogP contribution in [0.2, 0.25) is 0 Å². The third-order valence-corrected chi connectivity index (χ3v) is 5.26. The van der Waals surface area contributed by atoms with Crippen LogP contribution in [-0.2, 0) is 6.54 Å². The molecule has 0 amide bonds. The molecule has 11 heteroatoms. The summed E-state index contributed by atoms with van der Waals surface area (Å²) in [5, 5.41) is 14.3. The molecule has 2 atom stereocenters. The van der Waals surface area contributed by atoms with Crippen molar-refractivity contribution in [1.29, 1.82) is 0 Å². The number of β-amino-alcohol motifs (C(OH)–C–C–N with tert-alkyl or cyclic N) is 1. The molecular weight excluding hydrogens is 431 g/mol. The van der Waals surface area contributed by atoms with Crippen molar-refractivity contribution in [3.63, 3.8) is 0 Å². The minimum absolute atomic E-state index is 0.153. The number of rotatable bonds is 5. The van der Waals surface area contributed by atoms with Gasteiger partial charge in [-0.1, -0.05) is 17.3 Å². The average Bonchev–Trinajstić information content (AvgIpc) is 3.45. The summed E-state index contributed by atoms with van der Waals surface area (Å²) >= 11 is 0. The third-order valence-electron chi connectivity index (χ3n) is 5.26. The van der Waals surface area contributed by atoms with E-state index < -0.39 is 12.5 Å². The third kappa shape index (κ3) is 4.34. The van der Waals surface area contributed by atoms with Crippen LogP contribution in [0.5, 0.6) is 17.2 Å². The Balaban J connectivity index is 1.34. The summed E-state index contributed by atoms with van der Waals surface area (Å²) in [7, 11) is 0. The van der Waals surface area contributed by atoms with E-state index >= 15 is 0 Å². The standard InChI is InChI=1S/C21H18F3N3O5/c22-21(23,24)31-15-3-1-2-12(6-15)9-27-10-14(28)8-16(27)20-25-19(26-32-20)13-4-5-17-18(7-13)30-11-29-17/h1-7,14,16,28H,8-11H2/t14-,16+/m1/s1. The predicted octanol–water partition coefficient (Wildman–Crippen LogP) is 3.67. The van der Waals surface area contributed by atoms with Crippen LogP contribution >= 0.6 is 0 Å². The van der Waals surface area contributed by atoms with Gasteiger partial charge in [-0.2, -0.15) is 4.98 Å². The summed E-state index contributed by atoms with van der Waals surface area (Å²) in [6.07, 6.45) is -5.03. The van der Waals surface area contributed by atoms with E-state index in [2.05, 4.69) is 14.9 Å². The highest BCUT2D eigenvalue weighted by molar-refractivity contribution is 5.61. The number of aromatic nitrogens is 2. The first-order chi connectivity index (χ1) is 15.3. The molecule has 1 N–H and O–H groups in total. The molecule has 2 aliphatic rings. The van der Waals surface area contributed by atoms with E-state index in [1.54, 1.807) is 24.3 Å². The number of fused-ring (bicyclic) bond motifs is 1. The molecule has 5 rings (SSSR count). The summed E-state index contributed by atoms with van der Waals surface area (Å²) in [5.74, 6) is 1.61. The Labute approximate surface area is 180 Å². The van der Waals surface area contributed by atoms with Gasteiger partial charge in [0, 0.05) is 18.7 Å². The number of halogens is 3. The maximum absolute atomic E-state index is 12.5. The average molecular weight is 449 g/mol. The highest BCUT2D eigenvalue weighted by Crippen LogP contribution is 2.37. The molecule has 1 fully saturated rings. The Morgan fingerprint density at radius 2 is 1.97 bits per heavy atom. The van der Waals surface area contributed by atoms with Gasteiger partial charge in [-0.3, -0.25) is 4.90 Å². The van der Waals surface area contributed by atoms with Crippen molar-refractivity contribution in [3.8, 4) is 28.6 Å². The zero-order valence-electron chi connectivity index (χ0n) is 16.6. The van der Waals surface area contributed by atoms with Gasteiger partial charge in [0.05, 0.1) is 12.1 Å². The molecule has 2 aromatic carbocycles. The van der Waals surface area contributed by atoms with Crippen molar-refractivity contribution >= 4 is 0 Å². The van der Waals surface area contributed by atoms with Crippen molar-refractivity contribution in [2.45, 2.75) is 31.5 Å². The van der Waals surface area contributed by atoms with Gasteiger partial charge in [-0.25, -0.2) is 0 Å². The maximum atomic E-state index is 12.5. The molecule has 3 aromatic rings. The van der Waals surface area contributed by atoms with E-state index in [0.717, 1.165) is 0 Å². The van der Waals surface area contributed by atoms with Crippen LogP contribution in [0.25, 0.3) is 11.4 Å². The van der Waals surface area contributed by atoms with Crippen LogP contribution in [0.1, 0.15) is 23.9 Å². The number of aliphatic hydroxyl groups is 1. The van der Waals surface area contributed by atoms with Gasteiger partial charge in [0.2, 0.25) is 18.5 Å². The molecule has 2 aliphatic heterocycles. The largest absolute Gasteiger partial charge is 0.573 e. The first kappa shape index (κ1) is 20.6. The second-order valence-corrected chi connectivity index (χ2v) is 7.55. The van der Waals surface area contributed by atoms with Crippen molar-refractivity contribution in [3.05, 3.63) is 53.9 Å². The first-order valence-corrected chi connectivity index (χ1v) is 9.84. The van der Waals surface area contributed by atoms with E-state index in [1.165, 1.54) is 18.2 Å². The van der Waals surface area contributed by atoms with Gasteiger partial charge in [-0.15, -0.1) is 13.2 Å². The summed E-state index contributed by atoms with van der Waals surface area (Å²) in [5.41, 5.74) is 1.28. The Kier molecular flexibility index (Phi) is 5.14. The fourth-order valence-corrected chi connectivity index (χ4v) is 3.91. The lowest BCUT2D eigenvalue weighted by Gasteiger charge is -2.21. The molecule has 3 heterocycles. The zero-order valence-corrected chi connectivity index (χ0v) is 16.6. The van der Waals surface area contributed by atoms with Crippen LogP contribution in [0.15, 0.2) is 47.0 Å². The molecule has 32 heavy (non-hydrogen) atoms. The summed E-state index contributed by atoms with van der Waals surface area (Å²) in [4.78, 5) is 6.36. The minimum Gasteiger partial charge on any atom is -0.454 e. The molecule has 168 valence electrons. The van der Waals surface area contributed by atoms with Gasteiger partial charge in [0.15, 0.2) is 11.5 Å². The van der Waals surface area contributed by atoms with Crippen LogP contribution < -0.4 is 14.2 Å². The molecule has 0 spiro atoms. The van der Waals surface area contributed by atoms with Gasteiger partial charge in [0.1, 0.15) is 5.75 Å². The maximum Gasteiger partial charge on any atom is 0.573 e. The number of ether oxygens (including phenoxy) is 3. The molecule has 8 nitrogen and oxygen atoms in total. The summed E-state index contributed by atoms with van der Waals surface area (Å²) in [6, 6.07) is 10.7. The number of likely N-dealkylation sites (tertiary alicyclic amines) is 1. The Hall–Kier alpha value is -3.31. The smallest absolute Gasteiger partial charge is 0.454 e. The van der Waals surface area contributed by atoms with Crippen molar-refractivity contribution < 1.29 is 37.0 Å². The fraction of sp³-hybridized carbons (Fsp3) is 0.333. The van der Waals surface area contributed by atoms with E-state index in [9.17, 15) is 18.3 Å². The quantitative estimate of drug-likeness (QED) is 0.631. The number of alkyl halides is 3. The normalized spacial score (nSPS) is 20.6. The van der Waals surface area contributed by atoms with Crippen LogP contribution in [-0.4, -0.2) is 46.0 Å². The SMILES string of the molecule is O[C@@H]1C[C@@H](c2nc(-c3ccc4c(c3)OCO4)no2)N(Cc2cccc(OC(F)(F)F)c2)C1. The van der Waals surface area contributed by atoms with Crippen molar-refractivity contribution in [2.75, 3.05) is 13.3 Å². The van der Waals surface area contributed by atoms with E-state index in [4.69, 9.17) is 14.0 Å². The second-order valence-electron chi connectivity index (χ2n) is 7.55. The Morgan fingerprint density at radius 3 is 2.81 bits per heavy atom. The predicted molar refractivity (Wildman–Crippen MR) is 103 cm³/mol. The lowest BCUT2D eigenvalue weighted by atomic mass is 10.1. The van der Waals surface area contributed by atoms with Crippen molar-refractivity contribution in [2.24, 2.45) is 0 Å². The molecule has 0 unspecified atom stereocenters. The Morgan fingerprint density at radius 1 is 1.12 bits per heavy atom. The monoisotopic (exact) mass is 449 g/mol. The highest BCUT2D eigenvalue weighted by atomic mass is 19.4. The van der Waals surface area contributed by atoms with Gasteiger partial charge >= 0.3 is 6.36 Å². The number of benzene rings is 2. The van der Waals surface area contributed by atoms with Gasteiger partial charge in [0.25, 0.3) is 0 Å². The number of hydrogen-bond acceptors (Lipinski definition) is 8. The molecule has 1 saturated heterocycles. The van der Waals surface area contributed by atoms with Gasteiger partial charge in [-0.05, 0) is 42.3 Å². The minimum atomic E-state index is -4.76. The zero-order chi connectivity index (χ0) is 22.3. The molecule has 0 saturated carbocycles. The molecule has 0 bridgehead atoms. The highest BCUT2D eigenvalue weighted by Gasteiger charge is 2.36. The summed E-state index contributed by atoms with van der Waals surface area (Å²) in [6.45, 7) is 0.746. The number of aliphatic hydroxyl groups excluding tert-OH is 1. The van der Waals surface area contributed by atoms with Crippen molar-refractivity contribution in [1.82, 2.24) is 15.0 Å². The molecule has 0 radical (unpaired) electrons. The fourth-order valence-electron chi connectivity index (χ4n) is 3.91. The van der Waals surface area contributed by atoms with E-state index in [1.807, 2.05) is 4.90 Å². The number of nitrogens with zero attached hydrogens (tertiary/aromatic N) is 3. The topological polar surface area (TPSA) is 90.1 Å². The van der Waals surface area contributed by atoms with Crippen LogP contribution in [0.4, 0.5) is 13.2 Å². The van der Waals surface area contributed by atoms with Crippen LogP contribution in [0.3, 0.4) is 0 Å². The molecule has 1 aromatic heterocycles. The van der Waals surface area contributed by atoms with E-state index in [-0.39, 0.29) is 25.1 Å². The lowest BCUT2D eigenvalue weighted by Crippen LogP contribution is -2.24. The Bertz CT molecular complexity index is 1120. The molecule has 0 aliphatic carbocycles. The van der Waals surface area contributed by atoms with Gasteiger partial charge < -0.3 is 23.8 Å². The van der Waals surface area contributed by atoms with E-state index in [0.29, 0.717) is 47.3 Å². The van der Waals surface area contributed by atoms with Crippen LogP contribution in [0, 0.1) is 0 Å².